The molecule has 1 N–H and O–H groups in total. The number of nitrogens with one attached hydrogen (secondary N) is 1. The maximum absolute atomic E-state index is 13.2. The number of carbonyl (C=O) groups excluding carboxylic acids is 2. The van der Waals surface area contributed by atoms with Gasteiger partial charge in [-0.1, -0.05) is 83.5 Å². The van der Waals surface area contributed by atoms with E-state index in [1.54, 1.807) is 4.90 Å². The predicted molar refractivity (Wildman–Crippen MR) is 157 cm³/mol. The number of halogens is 1. The number of nitrogens with zero attached hydrogens (tertiary/aromatic N) is 3. The summed E-state index contributed by atoms with van der Waals surface area (Å²) >= 11 is 3.42. The summed E-state index contributed by atoms with van der Waals surface area (Å²) in [7, 11) is 0. The quantitative estimate of drug-likeness (QED) is 0.320. The van der Waals surface area contributed by atoms with Crippen molar-refractivity contribution in [3.05, 3.63) is 101 Å². The van der Waals surface area contributed by atoms with Crippen LogP contribution in [0.15, 0.2) is 89.4 Å². The molecular weight excluding hydrogens is 540 g/mol. The number of piperazine rings is 1. The van der Waals surface area contributed by atoms with Crippen molar-refractivity contribution in [2.45, 2.75) is 38.8 Å². The molecule has 1 aliphatic rings. The van der Waals surface area contributed by atoms with Gasteiger partial charge in [0.25, 0.3) is 0 Å². The number of urea groups is 1. The lowest BCUT2D eigenvalue weighted by Gasteiger charge is -2.40. The Kier molecular flexibility index (Phi) is 9.96. The van der Waals surface area contributed by atoms with Gasteiger partial charge in [0.1, 0.15) is 0 Å². The minimum atomic E-state index is -0.173. The van der Waals surface area contributed by atoms with Gasteiger partial charge in [-0.3, -0.25) is 9.69 Å². The van der Waals surface area contributed by atoms with Crippen LogP contribution in [0.2, 0.25) is 0 Å². The Bertz CT molecular complexity index is 1130. The minimum absolute atomic E-state index is 0.0348. The van der Waals surface area contributed by atoms with Crippen molar-refractivity contribution in [3.63, 3.8) is 0 Å². The summed E-state index contributed by atoms with van der Waals surface area (Å²) in [5.41, 5.74) is 3.26. The van der Waals surface area contributed by atoms with Crippen molar-refractivity contribution in [3.8, 4) is 0 Å². The molecule has 0 aliphatic carbocycles. The number of carbonyl (C=O) groups is 2. The zero-order valence-electron chi connectivity index (χ0n) is 22.2. The van der Waals surface area contributed by atoms with Crippen LogP contribution < -0.4 is 5.32 Å². The lowest BCUT2D eigenvalue weighted by atomic mass is 9.96. The largest absolute Gasteiger partial charge is 0.340 e. The Labute approximate surface area is 234 Å². The summed E-state index contributed by atoms with van der Waals surface area (Å²) < 4.78 is 0.957. The number of benzene rings is 3. The summed E-state index contributed by atoms with van der Waals surface area (Å²) in [5, 5.41) is 2.97. The highest BCUT2D eigenvalue weighted by Gasteiger charge is 2.29. The van der Waals surface area contributed by atoms with E-state index < -0.39 is 0 Å². The predicted octanol–water partition coefficient (Wildman–Crippen LogP) is 6.41. The third-order valence-corrected chi connectivity index (χ3v) is 7.84. The molecule has 0 spiro atoms. The summed E-state index contributed by atoms with van der Waals surface area (Å²) in [6, 6.07) is 28.7. The molecular formula is C31H37BrN4O2. The Hall–Kier alpha value is -3.16. The van der Waals surface area contributed by atoms with Crippen LogP contribution in [0, 0.1) is 0 Å². The fraction of sp³-hybridized carbons (Fsp3) is 0.355. The van der Waals surface area contributed by atoms with Gasteiger partial charge in [-0.05, 0) is 48.7 Å². The molecule has 6 nitrogen and oxygen atoms in total. The van der Waals surface area contributed by atoms with Crippen LogP contribution in [0.3, 0.4) is 0 Å². The standard InChI is InChI=1S/C31H37BrN4O2/c1-3-24(2)36(31(38)33-28-16-14-27(32)15-17-28)19-18-29(37)34-20-22-35(23-21-34)30(25-10-6-4-7-11-25)26-12-8-5-9-13-26/h4-17,24,30H,3,18-23H2,1-2H3,(H,33,38). The average molecular weight is 578 g/mol. The van der Waals surface area contributed by atoms with Crippen LogP contribution in [0.25, 0.3) is 0 Å². The molecule has 4 rings (SSSR count). The van der Waals surface area contributed by atoms with Crippen LogP contribution in [0.1, 0.15) is 43.9 Å². The normalized spacial score (nSPS) is 14.8. The van der Waals surface area contributed by atoms with Crippen LogP contribution in [-0.4, -0.2) is 65.4 Å². The van der Waals surface area contributed by atoms with E-state index in [1.165, 1.54) is 11.1 Å². The number of anilines is 1. The van der Waals surface area contributed by atoms with E-state index in [0.29, 0.717) is 26.1 Å². The molecule has 3 amide bonds. The van der Waals surface area contributed by atoms with Gasteiger partial charge < -0.3 is 15.1 Å². The summed E-state index contributed by atoms with van der Waals surface area (Å²) in [6.45, 7) is 7.46. The molecule has 0 aromatic heterocycles. The van der Waals surface area contributed by atoms with E-state index in [1.807, 2.05) is 48.2 Å². The van der Waals surface area contributed by atoms with Crippen molar-refractivity contribution in [2.24, 2.45) is 0 Å². The lowest BCUT2D eigenvalue weighted by molar-refractivity contribution is -0.133. The van der Waals surface area contributed by atoms with Crippen LogP contribution in [-0.2, 0) is 4.79 Å². The second-order valence-corrected chi connectivity index (χ2v) is 10.7. The van der Waals surface area contributed by atoms with Gasteiger partial charge in [0.05, 0.1) is 6.04 Å². The van der Waals surface area contributed by atoms with Crippen molar-refractivity contribution < 1.29 is 9.59 Å². The third-order valence-electron chi connectivity index (χ3n) is 7.31. The molecule has 1 atom stereocenters. The Morgan fingerprint density at radius 2 is 1.42 bits per heavy atom. The van der Waals surface area contributed by atoms with Crippen LogP contribution in [0.5, 0.6) is 0 Å². The number of amides is 3. The van der Waals surface area contributed by atoms with E-state index in [-0.39, 0.29) is 24.0 Å². The zero-order valence-corrected chi connectivity index (χ0v) is 23.8. The second-order valence-electron chi connectivity index (χ2n) is 9.78. The molecule has 1 fully saturated rings. The molecule has 38 heavy (non-hydrogen) atoms. The van der Waals surface area contributed by atoms with Crippen molar-refractivity contribution in [1.82, 2.24) is 14.7 Å². The lowest BCUT2D eigenvalue weighted by Crippen LogP contribution is -2.50. The Morgan fingerprint density at radius 1 is 0.868 bits per heavy atom. The molecule has 200 valence electrons. The van der Waals surface area contributed by atoms with Gasteiger partial charge in [-0.25, -0.2) is 4.79 Å². The Balaban J connectivity index is 1.35. The summed E-state index contributed by atoms with van der Waals surface area (Å²) in [6.07, 6.45) is 1.14. The smallest absolute Gasteiger partial charge is 0.322 e. The first-order valence-corrected chi connectivity index (χ1v) is 14.2. The first-order valence-electron chi connectivity index (χ1n) is 13.4. The van der Waals surface area contributed by atoms with Gasteiger partial charge in [0.15, 0.2) is 0 Å². The molecule has 3 aromatic carbocycles. The Morgan fingerprint density at radius 3 is 1.95 bits per heavy atom. The maximum atomic E-state index is 13.2. The molecule has 7 heteroatoms. The van der Waals surface area contributed by atoms with E-state index in [0.717, 1.165) is 29.7 Å². The second kappa shape index (κ2) is 13.6. The molecule has 1 heterocycles. The number of hydrogen-bond donors (Lipinski definition) is 1. The first-order chi connectivity index (χ1) is 18.5. The first kappa shape index (κ1) is 27.9. The van der Waals surface area contributed by atoms with Crippen molar-refractivity contribution in [1.29, 1.82) is 0 Å². The van der Waals surface area contributed by atoms with Gasteiger partial charge >= 0.3 is 6.03 Å². The molecule has 0 radical (unpaired) electrons. The van der Waals surface area contributed by atoms with E-state index in [4.69, 9.17) is 0 Å². The molecule has 1 saturated heterocycles. The number of rotatable bonds is 9. The molecule has 0 saturated carbocycles. The zero-order chi connectivity index (χ0) is 26.9. The maximum Gasteiger partial charge on any atom is 0.322 e. The average Bonchev–Trinajstić information content (AvgIpc) is 2.96. The van der Waals surface area contributed by atoms with Gasteiger partial charge in [-0.15, -0.1) is 0 Å². The van der Waals surface area contributed by atoms with E-state index in [2.05, 4.69) is 81.6 Å². The minimum Gasteiger partial charge on any atom is -0.340 e. The third kappa shape index (κ3) is 7.23. The van der Waals surface area contributed by atoms with E-state index >= 15 is 0 Å². The fourth-order valence-corrected chi connectivity index (χ4v) is 5.22. The van der Waals surface area contributed by atoms with Gasteiger partial charge in [-0.2, -0.15) is 0 Å². The van der Waals surface area contributed by atoms with Gasteiger partial charge in [0.2, 0.25) is 5.91 Å². The topological polar surface area (TPSA) is 55.9 Å². The summed E-state index contributed by atoms with van der Waals surface area (Å²) in [5.74, 6) is 0.102. The molecule has 1 unspecified atom stereocenters. The highest BCUT2D eigenvalue weighted by molar-refractivity contribution is 9.10. The van der Waals surface area contributed by atoms with E-state index in [9.17, 15) is 9.59 Å². The van der Waals surface area contributed by atoms with Crippen LogP contribution in [0.4, 0.5) is 10.5 Å². The monoisotopic (exact) mass is 576 g/mol. The molecule has 0 bridgehead atoms. The van der Waals surface area contributed by atoms with Gasteiger partial charge in [0, 0.05) is 55.3 Å². The highest BCUT2D eigenvalue weighted by Crippen LogP contribution is 2.29. The van der Waals surface area contributed by atoms with Crippen LogP contribution >= 0.6 is 15.9 Å². The number of hydrogen-bond acceptors (Lipinski definition) is 3. The van der Waals surface area contributed by atoms with Crippen molar-refractivity contribution >= 4 is 33.6 Å². The SMILES string of the molecule is CCC(C)N(CCC(=O)N1CCN(C(c2ccccc2)c2ccccc2)CC1)C(=O)Nc1ccc(Br)cc1. The molecule has 3 aromatic rings. The summed E-state index contributed by atoms with van der Waals surface area (Å²) in [4.78, 5) is 32.4. The fourth-order valence-electron chi connectivity index (χ4n) is 4.96. The van der Waals surface area contributed by atoms with Crippen molar-refractivity contribution in [2.75, 3.05) is 38.0 Å². The molecule has 1 aliphatic heterocycles. The highest BCUT2D eigenvalue weighted by atomic mass is 79.9.